The van der Waals surface area contributed by atoms with Gasteiger partial charge in [0.2, 0.25) is 5.91 Å². The number of nitrogens with one attached hydrogen (secondary N) is 3. The number of hydrogen-bond acceptors (Lipinski definition) is 6. The van der Waals surface area contributed by atoms with Crippen molar-refractivity contribution in [2.24, 2.45) is 5.73 Å². The van der Waals surface area contributed by atoms with Crippen LogP contribution in [0.2, 0.25) is 5.02 Å². The highest BCUT2D eigenvalue weighted by molar-refractivity contribution is 6.31. The van der Waals surface area contributed by atoms with Gasteiger partial charge in [0.1, 0.15) is 11.6 Å². The van der Waals surface area contributed by atoms with Gasteiger partial charge in [-0.15, -0.1) is 0 Å². The Morgan fingerprint density at radius 1 is 1.05 bits per heavy atom. The first-order valence-corrected chi connectivity index (χ1v) is 13.7. The van der Waals surface area contributed by atoms with Crippen molar-refractivity contribution in [3.63, 3.8) is 0 Å². The number of nitrogens with two attached hydrogens (primary N) is 1. The van der Waals surface area contributed by atoms with E-state index in [9.17, 15) is 14.4 Å². The lowest BCUT2D eigenvalue weighted by Gasteiger charge is -2.24. The summed E-state index contributed by atoms with van der Waals surface area (Å²) in [4.78, 5) is 38.4. The summed E-state index contributed by atoms with van der Waals surface area (Å²) in [5.74, 6) is -0.447. The molecule has 0 fully saturated rings. The van der Waals surface area contributed by atoms with Gasteiger partial charge in [0.25, 0.3) is 5.56 Å². The number of rotatable bonds is 9. The maximum Gasteiger partial charge on any atom is 0.408 e. The molecule has 1 unspecified atom stereocenters. The van der Waals surface area contributed by atoms with E-state index in [1.165, 1.54) is 6.07 Å². The Kier molecular flexibility index (Phi) is 10.2. The number of carbonyl (C=O) groups is 2. The van der Waals surface area contributed by atoms with Gasteiger partial charge in [-0.2, -0.15) is 0 Å². The van der Waals surface area contributed by atoms with Gasteiger partial charge in [-0.3, -0.25) is 9.59 Å². The van der Waals surface area contributed by atoms with Crippen LogP contribution in [0.1, 0.15) is 51.8 Å². The molecule has 0 aliphatic heterocycles. The topological polar surface area (TPSA) is 127 Å². The van der Waals surface area contributed by atoms with E-state index in [-0.39, 0.29) is 18.0 Å². The molecular formula is C31H38ClN5O4. The second kappa shape index (κ2) is 13.4. The summed E-state index contributed by atoms with van der Waals surface area (Å²) in [5, 5.41) is 8.86. The van der Waals surface area contributed by atoms with Gasteiger partial charge >= 0.3 is 6.09 Å². The first-order valence-electron chi connectivity index (χ1n) is 13.3. The van der Waals surface area contributed by atoms with Crippen LogP contribution in [0.4, 0.5) is 10.5 Å². The molecule has 0 bridgehead atoms. The summed E-state index contributed by atoms with van der Waals surface area (Å²) in [6.07, 6.45) is 2.83. The van der Waals surface area contributed by atoms with Crippen molar-refractivity contribution in [3.05, 3.63) is 93.5 Å². The van der Waals surface area contributed by atoms with Crippen LogP contribution in [0.15, 0.2) is 71.8 Å². The molecular weight excluding hydrogens is 542 g/mol. The predicted molar refractivity (Wildman–Crippen MR) is 165 cm³/mol. The monoisotopic (exact) mass is 579 g/mol. The predicted octanol–water partition coefficient (Wildman–Crippen LogP) is 5.30. The lowest BCUT2D eigenvalue weighted by molar-refractivity contribution is -0.118. The summed E-state index contributed by atoms with van der Waals surface area (Å²) in [5.41, 5.74) is 9.32. The van der Waals surface area contributed by atoms with Crippen molar-refractivity contribution in [2.45, 2.75) is 58.7 Å². The van der Waals surface area contributed by atoms with Gasteiger partial charge in [-0.1, -0.05) is 29.8 Å². The molecule has 10 heteroatoms. The standard InChI is InChI=1S/C31H38ClN5O4/c1-19(2)37-18-22(10-14-28(37)38)21-9-13-25(32)23(15-21)16-27(36-30(40)41-31(3,4)5)29(39)35-24-11-7-20(8-12-24)26(33)17-34-6/h7-15,17-19,27,34H,16,33H2,1-6H3,(H,35,39)(H,36,40)/b26-17-. The molecule has 2 aromatic carbocycles. The highest BCUT2D eigenvalue weighted by Crippen LogP contribution is 2.27. The zero-order valence-corrected chi connectivity index (χ0v) is 25.0. The molecule has 5 N–H and O–H groups in total. The molecule has 9 nitrogen and oxygen atoms in total. The lowest BCUT2D eigenvalue weighted by atomic mass is 9.99. The fourth-order valence-corrected chi connectivity index (χ4v) is 4.28. The molecule has 1 heterocycles. The third-order valence-electron chi connectivity index (χ3n) is 6.09. The Bertz CT molecular complexity index is 1470. The summed E-state index contributed by atoms with van der Waals surface area (Å²) < 4.78 is 7.07. The largest absolute Gasteiger partial charge is 0.444 e. The number of pyridine rings is 1. The zero-order valence-electron chi connectivity index (χ0n) is 24.2. The van der Waals surface area contributed by atoms with Crippen LogP contribution in [-0.4, -0.2) is 35.3 Å². The molecule has 0 saturated carbocycles. The van der Waals surface area contributed by atoms with E-state index in [1.54, 1.807) is 81.2 Å². The molecule has 41 heavy (non-hydrogen) atoms. The quantitative estimate of drug-likeness (QED) is 0.272. The van der Waals surface area contributed by atoms with E-state index in [0.29, 0.717) is 22.0 Å². The summed E-state index contributed by atoms with van der Waals surface area (Å²) in [7, 11) is 1.76. The third kappa shape index (κ3) is 8.88. The Hall–Kier alpha value is -4.24. The average molecular weight is 580 g/mol. The molecule has 3 aromatic rings. The lowest BCUT2D eigenvalue weighted by Crippen LogP contribution is -2.47. The molecule has 0 aliphatic rings. The van der Waals surface area contributed by atoms with Crippen molar-refractivity contribution in [3.8, 4) is 11.1 Å². The molecule has 2 amide bonds. The van der Waals surface area contributed by atoms with Gasteiger partial charge in [0.05, 0.1) is 5.70 Å². The van der Waals surface area contributed by atoms with Gasteiger partial charge in [0.15, 0.2) is 0 Å². The minimum absolute atomic E-state index is 0.00911. The number of alkyl carbamates (subject to hydrolysis) is 1. The van der Waals surface area contributed by atoms with E-state index in [2.05, 4.69) is 16.0 Å². The SMILES string of the molecule is CN/C=C(\N)c1ccc(NC(=O)C(Cc2cc(-c3ccc(=O)n(C(C)C)c3)ccc2Cl)NC(=O)OC(C)(C)C)cc1. The van der Waals surface area contributed by atoms with Crippen molar-refractivity contribution in [2.75, 3.05) is 12.4 Å². The molecule has 3 rings (SSSR count). The van der Waals surface area contributed by atoms with Crippen LogP contribution >= 0.6 is 11.6 Å². The van der Waals surface area contributed by atoms with Crippen LogP contribution in [0.5, 0.6) is 0 Å². The Morgan fingerprint density at radius 2 is 1.71 bits per heavy atom. The average Bonchev–Trinajstić information content (AvgIpc) is 2.89. The number of benzene rings is 2. The van der Waals surface area contributed by atoms with Crippen LogP contribution in [0.3, 0.4) is 0 Å². The number of ether oxygens (including phenoxy) is 1. The van der Waals surface area contributed by atoms with Gasteiger partial charge in [0, 0.05) is 48.7 Å². The fourth-order valence-electron chi connectivity index (χ4n) is 4.08. The smallest absolute Gasteiger partial charge is 0.408 e. The highest BCUT2D eigenvalue weighted by atomic mass is 35.5. The number of halogens is 1. The number of hydrogen-bond donors (Lipinski definition) is 4. The summed E-state index contributed by atoms with van der Waals surface area (Å²) in [6, 6.07) is 14.7. The van der Waals surface area contributed by atoms with Crippen LogP contribution < -0.4 is 27.2 Å². The maximum absolute atomic E-state index is 13.5. The van der Waals surface area contributed by atoms with Crippen molar-refractivity contribution < 1.29 is 14.3 Å². The van der Waals surface area contributed by atoms with E-state index in [4.69, 9.17) is 22.1 Å². The fraction of sp³-hybridized carbons (Fsp3) is 0.323. The minimum Gasteiger partial charge on any atom is -0.444 e. The second-order valence-electron chi connectivity index (χ2n) is 10.9. The minimum atomic E-state index is -1.00. The van der Waals surface area contributed by atoms with E-state index >= 15 is 0 Å². The van der Waals surface area contributed by atoms with E-state index < -0.39 is 23.6 Å². The van der Waals surface area contributed by atoms with Crippen molar-refractivity contribution >= 4 is 35.0 Å². The number of amides is 2. The Morgan fingerprint density at radius 3 is 2.32 bits per heavy atom. The molecule has 1 aromatic heterocycles. The number of anilines is 1. The molecule has 0 spiro atoms. The van der Waals surface area contributed by atoms with Gasteiger partial charge in [-0.05, 0) is 87.2 Å². The molecule has 0 radical (unpaired) electrons. The second-order valence-corrected chi connectivity index (χ2v) is 11.3. The van der Waals surface area contributed by atoms with Crippen LogP contribution in [0.25, 0.3) is 16.8 Å². The maximum atomic E-state index is 13.5. The molecule has 0 aliphatic carbocycles. The number of carbonyl (C=O) groups excluding carboxylic acids is 2. The van der Waals surface area contributed by atoms with Gasteiger partial charge in [-0.25, -0.2) is 4.79 Å². The number of aromatic nitrogens is 1. The molecule has 218 valence electrons. The number of nitrogens with zero attached hydrogens (tertiary/aromatic N) is 1. The van der Waals surface area contributed by atoms with Crippen molar-refractivity contribution in [1.29, 1.82) is 0 Å². The normalized spacial score (nSPS) is 12.5. The zero-order chi connectivity index (χ0) is 30.3. The third-order valence-corrected chi connectivity index (χ3v) is 6.46. The molecule has 1 atom stereocenters. The Labute approximate surface area is 245 Å². The Balaban J connectivity index is 1.91. The van der Waals surface area contributed by atoms with Crippen LogP contribution in [0, 0.1) is 0 Å². The van der Waals surface area contributed by atoms with Gasteiger partial charge < -0.3 is 31.0 Å². The summed E-state index contributed by atoms with van der Waals surface area (Å²) >= 11 is 6.56. The first kappa shape index (κ1) is 31.3. The highest BCUT2D eigenvalue weighted by Gasteiger charge is 2.26. The van der Waals surface area contributed by atoms with Crippen LogP contribution in [-0.2, 0) is 16.0 Å². The van der Waals surface area contributed by atoms with E-state index in [0.717, 1.165) is 16.7 Å². The summed E-state index contributed by atoms with van der Waals surface area (Å²) in [6.45, 7) is 9.11. The molecule has 0 saturated heterocycles. The first-order chi connectivity index (χ1) is 19.3. The van der Waals surface area contributed by atoms with Crippen molar-refractivity contribution in [1.82, 2.24) is 15.2 Å². The van der Waals surface area contributed by atoms with E-state index in [1.807, 2.05) is 26.0 Å².